The van der Waals surface area contributed by atoms with Gasteiger partial charge in [-0.3, -0.25) is 4.79 Å². The van der Waals surface area contributed by atoms with E-state index in [1.54, 1.807) is 0 Å². The van der Waals surface area contributed by atoms with Crippen molar-refractivity contribution in [3.05, 3.63) is 29.3 Å². The third kappa shape index (κ3) is 2.61. The number of carbonyl (C=O) groups excluding carboxylic acids is 1. The molecule has 0 saturated carbocycles. The van der Waals surface area contributed by atoms with Crippen LogP contribution in [-0.2, 0) is 9.53 Å². The number of amides is 1. The highest BCUT2D eigenvalue weighted by atomic mass is 35.5. The molecule has 1 aromatic rings. The molecule has 0 radical (unpaired) electrons. The molecule has 5 heteroatoms. The van der Waals surface area contributed by atoms with Crippen molar-refractivity contribution in [3.8, 4) is 0 Å². The number of piperidine rings is 1. The van der Waals surface area contributed by atoms with Crippen LogP contribution in [0.4, 0.5) is 5.69 Å². The number of morpholine rings is 1. The van der Waals surface area contributed by atoms with Crippen molar-refractivity contribution in [1.82, 2.24) is 5.32 Å². The second-order valence-electron chi connectivity index (χ2n) is 5.21. The molecule has 0 aromatic heterocycles. The van der Waals surface area contributed by atoms with Crippen LogP contribution in [0.1, 0.15) is 12.8 Å². The molecule has 2 fully saturated rings. The molecule has 1 spiro atoms. The molecule has 102 valence electrons. The van der Waals surface area contributed by atoms with E-state index in [-0.39, 0.29) is 18.1 Å². The lowest BCUT2D eigenvalue weighted by atomic mass is 9.91. The number of nitrogens with zero attached hydrogens (tertiary/aromatic N) is 1. The van der Waals surface area contributed by atoms with E-state index in [0.717, 1.165) is 31.6 Å². The lowest BCUT2D eigenvalue weighted by Crippen LogP contribution is -2.60. The number of ether oxygens (including phenoxy) is 1. The molecule has 0 aliphatic carbocycles. The molecule has 2 aliphatic rings. The molecule has 1 unspecified atom stereocenters. The first-order valence-electron chi connectivity index (χ1n) is 6.59. The van der Waals surface area contributed by atoms with Crippen LogP contribution in [0.5, 0.6) is 0 Å². The van der Waals surface area contributed by atoms with Crippen molar-refractivity contribution in [1.29, 1.82) is 0 Å². The molecule has 0 bridgehead atoms. The van der Waals surface area contributed by atoms with Crippen LogP contribution < -0.4 is 10.2 Å². The van der Waals surface area contributed by atoms with Gasteiger partial charge >= 0.3 is 0 Å². The number of halogens is 1. The summed E-state index contributed by atoms with van der Waals surface area (Å²) in [6, 6.07) is 7.39. The number of carbonyl (C=O) groups is 1. The van der Waals surface area contributed by atoms with Crippen LogP contribution in [0, 0.1) is 0 Å². The Bertz CT molecular complexity index is 469. The highest BCUT2D eigenvalue weighted by Gasteiger charge is 2.41. The fourth-order valence-corrected chi connectivity index (χ4v) is 2.90. The van der Waals surface area contributed by atoms with Crippen LogP contribution in [-0.4, -0.2) is 37.7 Å². The Balaban J connectivity index is 1.83. The van der Waals surface area contributed by atoms with Gasteiger partial charge in [0.15, 0.2) is 0 Å². The van der Waals surface area contributed by atoms with Gasteiger partial charge in [-0.1, -0.05) is 11.6 Å². The zero-order valence-corrected chi connectivity index (χ0v) is 11.4. The molecule has 2 aliphatic heterocycles. The molecule has 1 N–H and O–H groups in total. The predicted molar refractivity (Wildman–Crippen MR) is 74.6 cm³/mol. The maximum absolute atomic E-state index is 12.1. The first kappa shape index (κ1) is 12.9. The standard InChI is InChI=1S/C14H17ClN2O2/c15-11-2-4-12(5-3-11)17-10-14(19-8-13(17)18)6-1-7-16-9-14/h2-5,16H,1,6-10H2. The van der Waals surface area contributed by atoms with Crippen LogP contribution in [0.25, 0.3) is 0 Å². The summed E-state index contributed by atoms with van der Waals surface area (Å²) in [5.74, 6) is 0.0125. The average Bonchev–Trinajstić information content (AvgIpc) is 2.44. The Kier molecular flexibility index (Phi) is 3.48. The van der Waals surface area contributed by atoms with E-state index in [4.69, 9.17) is 16.3 Å². The van der Waals surface area contributed by atoms with Gasteiger partial charge in [0.1, 0.15) is 6.61 Å². The number of benzene rings is 1. The maximum Gasteiger partial charge on any atom is 0.253 e. The first-order valence-corrected chi connectivity index (χ1v) is 6.97. The molecule has 1 aromatic carbocycles. The Morgan fingerprint density at radius 1 is 1.32 bits per heavy atom. The lowest BCUT2D eigenvalue weighted by molar-refractivity contribution is -0.140. The van der Waals surface area contributed by atoms with Crippen molar-refractivity contribution in [2.24, 2.45) is 0 Å². The normalized spacial score (nSPS) is 27.8. The van der Waals surface area contributed by atoms with Gasteiger partial charge in [-0.25, -0.2) is 0 Å². The van der Waals surface area contributed by atoms with Crippen LogP contribution in [0.2, 0.25) is 5.02 Å². The van der Waals surface area contributed by atoms with E-state index >= 15 is 0 Å². The fourth-order valence-electron chi connectivity index (χ4n) is 2.77. The number of hydrogen-bond donors (Lipinski definition) is 1. The Hall–Kier alpha value is -1.10. The summed E-state index contributed by atoms with van der Waals surface area (Å²) in [7, 11) is 0. The van der Waals surface area contributed by atoms with E-state index < -0.39 is 0 Å². The van der Waals surface area contributed by atoms with Gasteiger partial charge in [0, 0.05) is 17.3 Å². The van der Waals surface area contributed by atoms with E-state index in [9.17, 15) is 4.79 Å². The quantitative estimate of drug-likeness (QED) is 0.853. The minimum absolute atomic E-state index is 0.0125. The predicted octanol–water partition coefficient (Wildman–Crippen LogP) is 1.83. The van der Waals surface area contributed by atoms with Gasteiger partial charge < -0.3 is 15.0 Å². The molecular formula is C14H17ClN2O2. The minimum Gasteiger partial charge on any atom is -0.362 e. The number of rotatable bonds is 1. The zero-order valence-electron chi connectivity index (χ0n) is 10.7. The maximum atomic E-state index is 12.1. The monoisotopic (exact) mass is 280 g/mol. The van der Waals surface area contributed by atoms with Crippen molar-refractivity contribution < 1.29 is 9.53 Å². The topological polar surface area (TPSA) is 41.6 Å². The summed E-state index contributed by atoms with van der Waals surface area (Å²) in [6.45, 7) is 2.61. The second kappa shape index (κ2) is 5.12. The third-order valence-corrected chi connectivity index (χ3v) is 4.07. The van der Waals surface area contributed by atoms with Crippen LogP contribution in [0.15, 0.2) is 24.3 Å². The summed E-state index contributed by atoms with van der Waals surface area (Å²) in [5, 5.41) is 4.04. The number of anilines is 1. The fraction of sp³-hybridized carbons (Fsp3) is 0.500. The Morgan fingerprint density at radius 3 is 2.79 bits per heavy atom. The smallest absolute Gasteiger partial charge is 0.253 e. The van der Waals surface area contributed by atoms with Gasteiger partial charge in [0.25, 0.3) is 5.91 Å². The highest BCUT2D eigenvalue weighted by molar-refractivity contribution is 6.30. The highest BCUT2D eigenvalue weighted by Crippen LogP contribution is 2.29. The molecule has 2 heterocycles. The van der Waals surface area contributed by atoms with Crippen molar-refractivity contribution in [2.45, 2.75) is 18.4 Å². The SMILES string of the molecule is O=C1COC2(CCCNC2)CN1c1ccc(Cl)cc1. The zero-order chi connectivity index (χ0) is 13.3. The van der Waals surface area contributed by atoms with Gasteiger partial charge in [-0.2, -0.15) is 0 Å². The number of hydrogen-bond acceptors (Lipinski definition) is 3. The molecule has 2 saturated heterocycles. The van der Waals surface area contributed by atoms with E-state index in [2.05, 4.69) is 5.32 Å². The van der Waals surface area contributed by atoms with Crippen LogP contribution >= 0.6 is 11.6 Å². The average molecular weight is 281 g/mol. The summed E-state index contributed by atoms with van der Waals surface area (Å²) < 4.78 is 5.81. The largest absolute Gasteiger partial charge is 0.362 e. The Labute approximate surface area is 117 Å². The van der Waals surface area contributed by atoms with E-state index in [0.29, 0.717) is 11.6 Å². The third-order valence-electron chi connectivity index (χ3n) is 3.82. The minimum atomic E-state index is -0.230. The molecule has 4 nitrogen and oxygen atoms in total. The summed E-state index contributed by atoms with van der Waals surface area (Å²) in [6.07, 6.45) is 2.08. The summed E-state index contributed by atoms with van der Waals surface area (Å²) >= 11 is 5.89. The van der Waals surface area contributed by atoms with Gasteiger partial charge in [-0.05, 0) is 43.7 Å². The number of nitrogens with one attached hydrogen (secondary N) is 1. The molecule has 1 amide bonds. The van der Waals surface area contributed by atoms with E-state index in [1.165, 1.54) is 0 Å². The molecule has 1 atom stereocenters. The molecular weight excluding hydrogens is 264 g/mol. The van der Waals surface area contributed by atoms with Crippen molar-refractivity contribution in [3.63, 3.8) is 0 Å². The van der Waals surface area contributed by atoms with Crippen molar-refractivity contribution >= 4 is 23.2 Å². The Morgan fingerprint density at radius 2 is 2.11 bits per heavy atom. The molecule has 3 rings (SSSR count). The van der Waals surface area contributed by atoms with Crippen LogP contribution in [0.3, 0.4) is 0 Å². The van der Waals surface area contributed by atoms with Crippen molar-refractivity contribution in [2.75, 3.05) is 31.1 Å². The first-order chi connectivity index (χ1) is 9.19. The summed E-state index contributed by atoms with van der Waals surface area (Å²) in [5.41, 5.74) is 0.661. The molecule has 19 heavy (non-hydrogen) atoms. The van der Waals surface area contributed by atoms with Gasteiger partial charge in [-0.15, -0.1) is 0 Å². The van der Waals surface area contributed by atoms with Gasteiger partial charge in [0.2, 0.25) is 0 Å². The lowest BCUT2D eigenvalue weighted by Gasteiger charge is -2.44. The summed E-state index contributed by atoms with van der Waals surface area (Å²) in [4.78, 5) is 13.9. The van der Waals surface area contributed by atoms with Gasteiger partial charge in [0.05, 0.1) is 12.1 Å². The van der Waals surface area contributed by atoms with E-state index in [1.807, 2.05) is 29.2 Å². The second-order valence-corrected chi connectivity index (χ2v) is 5.64.